The molecule has 1 aromatic heterocycles. The summed E-state index contributed by atoms with van der Waals surface area (Å²) in [6, 6.07) is 1.81. The van der Waals surface area contributed by atoms with Gasteiger partial charge in [-0.15, -0.1) is 0 Å². The van der Waals surface area contributed by atoms with Gasteiger partial charge in [0.25, 0.3) is 5.92 Å². The molecule has 2 aliphatic rings. The summed E-state index contributed by atoms with van der Waals surface area (Å²) in [4.78, 5) is 17.1. The molecule has 1 saturated carbocycles. The van der Waals surface area contributed by atoms with E-state index < -0.39 is 17.8 Å². The third-order valence-electron chi connectivity index (χ3n) is 4.08. The molecule has 3 rings (SSSR count). The lowest BCUT2D eigenvalue weighted by molar-refractivity contribution is 0.0797. The van der Waals surface area contributed by atoms with Crippen LogP contribution in [-0.4, -0.2) is 30.3 Å². The Kier molecular flexibility index (Phi) is 2.24. The summed E-state index contributed by atoms with van der Waals surface area (Å²) in [6.45, 7) is 4.34. The lowest BCUT2D eigenvalue weighted by atomic mass is 10.1. The van der Waals surface area contributed by atoms with Crippen molar-refractivity contribution in [2.75, 3.05) is 18.0 Å². The third-order valence-corrected chi connectivity index (χ3v) is 4.08. The van der Waals surface area contributed by atoms with Crippen molar-refractivity contribution in [3.05, 3.63) is 22.9 Å². The summed E-state index contributed by atoms with van der Waals surface area (Å²) in [5.41, 5.74) is 2.10. The zero-order valence-electron chi connectivity index (χ0n) is 10.3. The molecule has 2 fully saturated rings. The molecule has 3 nitrogen and oxygen atoms in total. The number of nitrogens with zero attached hydrogens (tertiary/aromatic N) is 2. The Labute approximate surface area is 104 Å². The van der Waals surface area contributed by atoms with Gasteiger partial charge in [-0.25, -0.2) is 13.8 Å². The molecular weight excluding hydrogens is 238 g/mol. The van der Waals surface area contributed by atoms with Crippen LogP contribution in [0.4, 0.5) is 14.6 Å². The van der Waals surface area contributed by atoms with Gasteiger partial charge in [0.2, 0.25) is 0 Å². The van der Waals surface area contributed by atoms with Crippen molar-refractivity contribution in [2.45, 2.75) is 19.8 Å². The summed E-state index contributed by atoms with van der Waals surface area (Å²) in [7, 11) is 0. The minimum absolute atomic E-state index is 0.365. The maximum Gasteiger partial charge on any atom is 0.258 e. The molecule has 0 aromatic carbocycles. The zero-order valence-corrected chi connectivity index (χ0v) is 10.3. The Bertz CT molecular complexity index is 493. The average molecular weight is 252 g/mol. The van der Waals surface area contributed by atoms with Gasteiger partial charge in [-0.1, -0.05) is 0 Å². The molecule has 0 bridgehead atoms. The van der Waals surface area contributed by atoms with Crippen molar-refractivity contribution in [1.29, 1.82) is 0 Å². The molecule has 1 aromatic rings. The van der Waals surface area contributed by atoms with E-state index in [1.165, 1.54) is 0 Å². The Hall–Kier alpha value is -1.52. The van der Waals surface area contributed by atoms with Gasteiger partial charge in [0.15, 0.2) is 6.29 Å². The van der Waals surface area contributed by atoms with E-state index >= 15 is 0 Å². The van der Waals surface area contributed by atoms with Crippen LogP contribution in [0.1, 0.15) is 21.6 Å². The number of carbonyl (C=O) groups excluding carboxylic acids is 1. The first-order chi connectivity index (χ1) is 8.45. The molecule has 18 heavy (non-hydrogen) atoms. The number of pyridine rings is 1. The highest BCUT2D eigenvalue weighted by molar-refractivity contribution is 5.79. The van der Waals surface area contributed by atoms with Crippen LogP contribution in [0.25, 0.3) is 0 Å². The molecule has 0 radical (unpaired) electrons. The fraction of sp³-hybridized carbons (Fsp3) is 0.538. The smallest absolute Gasteiger partial charge is 0.258 e. The van der Waals surface area contributed by atoms with E-state index in [4.69, 9.17) is 0 Å². The van der Waals surface area contributed by atoms with Gasteiger partial charge in [0, 0.05) is 18.7 Å². The van der Waals surface area contributed by atoms with Crippen molar-refractivity contribution >= 4 is 12.1 Å². The molecule has 5 heteroatoms. The standard InChI is InChI=1S/C13H14F2N2O/c1-7-3-12(16-8(2)9(7)6-18)17-4-10-11(5-17)13(10,14)15/h3,6,10-11H,4-5H2,1-2H3. The third kappa shape index (κ3) is 1.46. The van der Waals surface area contributed by atoms with E-state index in [2.05, 4.69) is 4.98 Å². The maximum atomic E-state index is 13.1. The predicted molar refractivity (Wildman–Crippen MR) is 63.2 cm³/mol. The molecule has 2 unspecified atom stereocenters. The summed E-state index contributed by atoms with van der Waals surface area (Å²) in [5.74, 6) is -2.78. The van der Waals surface area contributed by atoms with E-state index in [0.717, 1.165) is 11.8 Å². The first-order valence-electron chi connectivity index (χ1n) is 6.01. The minimum Gasteiger partial charge on any atom is -0.356 e. The van der Waals surface area contributed by atoms with E-state index in [0.29, 0.717) is 30.2 Å². The normalized spacial score (nSPS) is 28.1. The Balaban J connectivity index is 1.85. The van der Waals surface area contributed by atoms with Crippen LogP contribution in [0.3, 0.4) is 0 Å². The van der Waals surface area contributed by atoms with Crippen LogP contribution >= 0.6 is 0 Å². The quantitative estimate of drug-likeness (QED) is 0.757. The van der Waals surface area contributed by atoms with Crippen LogP contribution in [0.2, 0.25) is 0 Å². The number of aryl methyl sites for hydroxylation is 2. The fourth-order valence-corrected chi connectivity index (χ4v) is 2.86. The van der Waals surface area contributed by atoms with E-state index in [-0.39, 0.29) is 0 Å². The molecule has 0 N–H and O–H groups in total. The van der Waals surface area contributed by atoms with Gasteiger partial charge in [0.1, 0.15) is 5.82 Å². The van der Waals surface area contributed by atoms with Crippen molar-refractivity contribution in [1.82, 2.24) is 4.98 Å². The van der Waals surface area contributed by atoms with Crippen molar-refractivity contribution in [3.8, 4) is 0 Å². The Morgan fingerprint density at radius 3 is 2.50 bits per heavy atom. The van der Waals surface area contributed by atoms with E-state index in [9.17, 15) is 13.6 Å². The first kappa shape index (κ1) is 11.6. The fourth-order valence-electron chi connectivity index (χ4n) is 2.86. The van der Waals surface area contributed by atoms with Crippen molar-refractivity contribution in [3.63, 3.8) is 0 Å². The maximum absolute atomic E-state index is 13.1. The topological polar surface area (TPSA) is 33.2 Å². The molecule has 0 spiro atoms. The highest BCUT2D eigenvalue weighted by Gasteiger charge is 2.71. The number of rotatable bonds is 2. The first-order valence-corrected chi connectivity index (χ1v) is 6.01. The highest BCUT2D eigenvalue weighted by atomic mass is 19.3. The Morgan fingerprint density at radius 2 is 2.00 bits per heavy atom. The van der Waals surface area contributed by atoms with Crippen LogP contribution in [0.15, 0.2) is 6.07 Å². The number of halogens is 2. The molecular formula is C13H14F2N2O. The van der Waals surface area contributed by atoms with Gasteiger partial charge in [-0.2, -0.15) is 0 Å². The molecule has 2 atom stereocenters. The number of piperidine rings is 1. The SMILES string of the molecule is Cc1cc(N2CC3C(C2)C3(F)F)nc(C)c1C=O. The number of fused-ring (bicyclic) bond motifs is 1. The minimum atomic E-state index is -2.47. The molecule has 2 heterocycles. The zero-order chi connectivity index (χ0) is 13.1. The van der Waals surface area contributed by atoms with Crippen molar-refractivity contribution < 1.29 is 13.6 Å². The van der Waals surface area contributed by atoms with E-state index in [1.54, 1.807) is 13.0 Å². The average Bonchev–Trinajstić information content (AvgIpc) is 2.68. The molecule has 1 aliphatic carbocycles. The van der Waals surface area contributed by atoms with Crippen LogP contribution in [0, 0.1) is 25.7 Å². The molecule has 96 valence electrons. The van der Waals surface area contributed by atoms with Crippen molar-refractivity contribution in [2.24, 2.45) is 11.8 Å². The summed E-state index contributed by atoms with van der Waals surface area (Å²) < 4.78 is 26.2. The summed E-state index contributed by atoms with van der Waals surface area (Å²) in [6.07, 6.45) is 0.789. The van der Waals surface area contributed by atoms with Gasteiger partial charge in [-0.3, -0.25) is 4.79 Å². The van der Waals surface area contributed by atoms with Crippen LogP contribution < -0.4 is 4.90 Å². The number of aldehydes is 1. The monoisotopic (exact) mass is 252 g/mol. The Morgan fingerprint density at radius 1 is 1.39 bits per heavy atom. The lowest BCUT2D eigenvalue weighted by Crippen LogP contribution is -2.28. The highest BCUT2D eigenvalue weighted by Crippen LogP contribution is 2.59. The molecule has 1 aliphatic heterocycles. The van der Waals surface area contributed by atoms with Crippen LogP contribution in [0.5, 0.6) is 0 Å². The number of anilines is 1. The second kappa shape index (κ2) is 3.49. The number of aromatic nitrogens is 1. The van der Waals surface area contributed by atoms with Gasteiger partial charge in [-0.05, 0) is 25.5 Å². The van der Waals surface area contributed by atoms with Gasteiger partial charge in [0.05, 0.1) is 17.5 Å². The molecule has 1 saturated heterocycles. The van der Waals surface area contributed by atoms with E-state index in [1.807, 2.05) is 11.8 Å². The number of hydrogen-bond donors (Lipinski definition) is 0. The number of carbonyl (C=O) groups is 1. The number of alkyl halides is 2. The largest absolute Gasteiger partial charge is 0.356 e. The van der Waals surface area contributed by atoms with Crippen LogP contribution in [-0.2, 0) is 0 Å². The van der Waals surface area contributed by atoms with Gasteiger partial charge < -0.3 is 4.90 Å². The molecule has 0 amide bonds. The second-order valence-corrected chi connectivity index (χ2v) is 5.21. The second-order valence-electron chi connectivity index (χ2n) is 5.21. The summed E-state index contributed by atoms with van der Waals surface area (Å²) >= 11 is 0. The summed E-state index contributed by atoms with van der Waals surface area (Å²) in [5, 5.41) is 0. The van der Waals surface area contributed by atoms with Gasteiger partial charge >= 0.3 is 0 Å². The predicted octanol–water partition coefficient (Wildman–Crippen LogP) is 2.21. The lowest BCUT2D eigenvalue weighted by Gasteiger charge is -2.22. The number of hydrogen-bond acceptors (Lipinski definition) is 3.